The molecule has 0 unspecified atom stereocenters. The Hall–Kier alpha value is -7.47. The van der Waals surface area contributed by atoms with Gasteiger partial charge in [0, 0.05) is 33.3 Å². The maximum atomic E-state index is 5.42. The van der Waals surface area contributed by atoms with E-state index in [4.69, 9.17) is 15.0 Å². The van der Waals surface area contributed by atoms with Crippen LogP contribution in [0, 0.1) is 0 Å². The van der Waals surface area contributed by atoms with Gasteiger partial charge in [-0.1, -0.05) is 171 Å². The van der Waals surface area contributed by atoms with Crippen LogP contribution in [-0.4, -0.2) is 27.6 Å². The van der Waals surface area contributed by atoms with Crippen LogP contribution in [0.2, 0.25) is 13.1 Å². The van der Waals surface area contributed by atoms with E-state index in [1.807, 2.05) is 6.07 Å². The van der Waals surface area contributed by atoms with E-state index in [1.54, 1.807) is 0 Å². The van der Waals surface area contributed by atoms with Crippen LogP contribution in [0.1, 0.15) is 0 Å². The van der Waals surface area contributed by atoms with Gasteiger partial charge in [0.2, 0.25) is 0 Å². The van der Waals surface area contributed by atoms with Gasteiger partial charge < -0.3 is 0 Å². The highest BCUT2D eigenvalue weighted by molar-refractivity contribution is 7.03. The summed E-state index contributed by atoms with van der Waals surface area (Å²) < 4.78 is 2.26. The molecule has 0 saturated heterocycles. The van der Waals surface area contributed by atoms with Crippen LogP contribution in [-0.2, 0) is 0 Å². The van der Waals surface area contributed by atoms with Gasteiger partial charge in [0.25, 0.3) is 0 Å². The summed E-state index contributed by atoms with van der Waals surface area (Å²) in [7, 11) is -2.06. The number of para-hydroxylation sites is 3. The van der Waals surface area contributed by atoms with E-state index in [1.165, 1.54) is 21.6 Å². The SMILES string of the molecule is C[Si]1(C)c2ccccc2-c2c(-c3ccccc3)nc(-c3cccc(-c4cccc(-c5cccc(-c6cccc(-c7nc8ccccc8n7-c7ccccc7)c6)c5)c4)c3)nc21. The molecule has 4 nitrogen and oxygen atoms in total. The van der Waals surface area contributed by atoms with Gasteiger partial charge >= 0.3 is 0 Å². The van der Waals surface area contributed by atoms with Crippen molar-refractivity contribution in [3.63, 3.8) is 0 Å². The Morgan fingerprint density at radius 3 is 1.53 bits per heavy atom. The summed E-state index contributed by atoms with van der Waals surface area (Å²) in [6, 6.07) is 73.4. The average molecular weight is 785 g/mol. The lowest BCUT2D eigenvalue weighted by molar-refractivity contribution is 1.10. The molecule has 0 fully saturated rings. The summed E-state index contributed by atoms with van der Waals surface area (Å²) in [6.07, 6.45) is 0. The topological polar surface area (TPSA) is 43.6 Å². The van der Waals surface area contributed by atoms with E-state index in [0.717, 1.165) is 84.1 Å². The number of nitrogens with zero attached hydrogens (tertiary/aromatic N) is 4. The van der Waals surface area contributed by atoms with E-state index < -0.39 is 8.07 Å². The molecule has 0 amide bonds. The van der Waals surface area contributed by atoms with E-state index in [0.29, 0.717) is 0 Å². The minimum atomic E-state index is -2.06. The Bertz CT molecular complexity index is 3240. The fraction of sp³-hybridized carbons (Fsp3) is 0.0364. The summed E-state index contributed by atoms with van der Waals surface area (Å²) in [5.74, 6) is 1.70. The normalized spacial score (nSPS) is 12.6. The smallest absolute Gasteiger partial charge is 0.159 e. The molecule has 0 aliphatic carbocycles. The van der Waals surface area contributed by atoms with Crippen molar-refractivity contribution >= 4 is 29.6 Å². The van der Waals surface area contributed by atoms with E-state index in [-0.39, 0.29) is 0 Å². The summed E-state index contributed by atoms with van der Waals surface area (Å²) in [4.78, 5) is 15.9. The molecule has 0 bridgehead atoms. The molecule has 3 heterocycles. The number of fused-ring (bicyclic) bond motifs is 4. The maximum Gasteiger partial charge on any atom is 0.159 e. The number of benzene rings is 8. The van der Waals surface area contributed by atoms with Crippen LogP contribution in [0.5, 0.6) is 0 Å². The standard InChI is InChI=1S/C55H40N4Si/c1-60(2)50-32-12-9-29-47(50)51-52(37-17-5-3-6-18-37)57-53(58-55(51)60)44-25-15-23-42(35-44)40-21-13-19-38(33-40)39-20-14-22-41(34-39)43-24-16-26-45(36-43)54-56-48-30-10-11-31-49(48)59(54)46-27-7-4-8-28-46/h3-36H,1-2H3. The van der Waals surface area contributed by atoms with E-state index in [9.17, 15) is 0 Å². The van der Waals surface area contributed by atoms with Crippen molar-refractivity contribution in [3.8, 4) is 84.2 Å². The molecule has 0 N–H and O–H groups in total. The lowest BCUT2D eigenvalue weighted by Gasteiger charge is -2.19. The Kier molecular flexibility index (Phi) is 8.57. The third-order valence-corrected chi connectivity index (χ3v) is 15.3. The molecule has 0 radical (unpaired) electrons. The average Bonchev–Trinajstić information content (AvgIpc) is 3.82. The van der Waals surface area contributed by atoms with Crippen molar-refractivity contribution < 1.29 is 0 Å². The van der Waals surface area contributed by atoms with Crippen molar-refractivity contribution in [3.05, 3.63) is 206 Å². The summed E-state index contributed by atoms with van der Waals surface area (Å²) in [6.45, 7) is 4.83. The second kappa shape index (κ2) is 14.4. The molecule has 1 aliphatic rings. The molecule has 284 valence electrons. The number of hydrogen-bond donors (Lipinski definition) is 0. The minimum absolute atomic E-state index is 0.772. The van der Waals surface area contributed by atoms with E-state index >= 15 is 0 Å². The quantitative estimate of drug-likeness (QED) is 0.151. The fourth-order valence-electron chi connectivity index (χ4n) is 8.97. The molecule has 1 aliphatic heterocycles. The fourth-order valence-corrected chi connectivity index (χ4v) is 11.9. The summed E-state index contributed by atoms with van der Waals surface area (Å²) in [5.41, 5.74) is 16.7. The molecule has 60 heavy (non-hydrogen) atoms. The largest absolute Gasteiger partial charge is 0.292 e. The Labute approximate surface area is 351 Å². The predicted octanol–water partition coefficient (Wildman–Crippen LogP) is 12.6. The maximum absolute atomic E-state index is 5.42. The van der Waals surface area contributed by atoms with Gasteiger partial charge in [-0.15, -0.1) is 0 Å². The number of hydrogen-bond acceptors (Lipinski definition) is 3. The van der Waals surface area contributed by atoms with Crippen LogP contribution in [0.15, 0.2) is 206 Å². The lowest BCUT2D eigenvalue weighted by atomic mass is 9.95. The Balaban J connectivity index is 0.946. The van der Waals surface area contributed by atoms with Crippen molar-refractivity contribution in [2.75, 3.05) is 0 Å². The van der Waals surface area contributed by atoms with Crippen molar-refractivity contribution in [2.24, 2.45) is 0 Å². The zero-order valence-corrected chi connectivity index (χ0v) is 34.4. The van der Waals surface area contributed by atoms with Gasteiger partial charge in [0.05, 0.1) is 16.7 Å². The first kappa shape index (κ1) is 35.7. The molecule has 0 atom stereocenters. The van der Waals surface area contributed by atoms with Crippen LogP contribution in [0.25, 0.3) is 95.3 Å². The van der Waals surface area contributed by atoms with Crippen LogP contribution < -0.4 is 10.5 Å². The summed E-state index contributed by atoms with van der Waals surface area (Å²) in [5, 5.41) is 2.63. The second-order valence-corrected chi connectivity index (χ2v) is 20.3. The third kappa shape index (κ3) is 6.10. The number of rotatable bonds is 7. The van der Waals surface area contributed by atoms with Crippen LogP contribution >= 0.6 is 0 Å². The number of aromatic nitrogens is 4. The molecule has 5 heteroatoms. The zero-order valence-electron chi connectivity index (χ0n) is 33.4. The lowest BCUT2D eigenvalue weighted by Crippen LogP contribution is -2.50. The van der Waals surface area contributed by atoms with E-state index in [2.05, 4.69) is 218 Å². The molecule has 11 rings (SSSR count). The highest BCUT2D eigenvalue weighted by atomic mass is 28.3. The third-order valence-electron chi connectivity index (χ3n) is 12.0. The first-order chi connectivity index (χ1) is 29.5. The van der Waals surface area contributed by atoms with Crippen LogP contribution in [0.3, 0.4) is 0 Å². The predicted molar refractivity (Wildman–Crippen MR) is 251 cm³/mol. The zero-order chi connectivity index (χ0) is 40.2. The van der Waals surface area contributed by atoms with Gasteiger partial charge in [0.15, 0.2) is 5.82 Å². The van der Waals surface area contributed by atoms with Gasteiger partial charge in [-0.05, 0) is 92.7 Å². The Morgan fingerprint density at radius 2 is 0.883 bits per heavy atom. The first-order valence-electron chi connectivity index (χ1n) is 20.5. The summed E-state index contributed by atoms with van der Waals surface area (Å²) >= 11 is 0. The number of imidazole rings is 1. The van der Waals surface area contributed by atoms with Gasteiger partial charge in [-0.2, -0.15) is 0 Å². The van der Waals surface area contributed by atoms with Gasteiger partial charge in [-0.25, -0.2) is 15.0 Å². The minimum Gasteiger partial charge on any atom is -0.292 e. The molecule has 10 aromatic rings. The highest BCUT2D eigenvalue weighted by Crippen LogP contribution is 2.38. The molecular formula is C55H40N4Si. The Morgan fingerprint density at radius 1 is 0.400 bits per heavy atom. The molecule has 0 spiro atoms. The first-order valence-corrected chi connectivity index (χ1v) is 23.5. The van der Waals surface area contributed by atoms with Gasteiger partial charge in [0.1, 0.15) is 13.9 Å². The second-order valence-electron chi connectivity index (χ2n) is 16.1. The van der Waals surface area contributed by atoms with Crippen molar-refractivity contribution in [1.29, 1.82) is 0 Å². The van der Waals surface area contributed by atoms with Crippen LogP contribution in [0.4, 0.5) is 0 Å². The molecular weight excluding hydrogens is 745 g/mol. The molecule has 0 saturated carbocycles. The monoisotopic (exact) mass is 784 g/mol. The molecule has 2 aromatic heterocycles. The van der Waals surface area contributed by atoms with Gasteiger partial charge in [-0.3, -0.25) is 4.57 Å². The van der Waals surface area contributed by atoms with Crippen molar-refractivity contribution in [1.82, 2.24) is 19.5 Å². The highest BCUT2D eigenvalue weighted by Gasteiger charge is 2.41. The van der Waals surface area contributed by atoms with Crippen molar-refractivity contribution in [2.45, 2.75) is 13.1 Å². The molecule has 8 aromatic carbocycles.